The lowest BCUT2D eigenvalue weighted by Crippen LogP contribution is -2.33. The van der Waals surface area contributed by atoms with Crippen LogP contribution in [0.5, 0.6) is 0 Å². The van der Waals surface area contributed by atoms with Crippen molar-refractivity contribution in [2.75, 3.05) is 0 Å². The number of carbonyl (C=O) groups is 2. The summed E-state index contributed by atoms with van der Waals surface area (Å²) in [6.07, 6.45) is 0.339. The van der Waals surface area contributed by atoms with Crippen LogP contribution in [-0.2, 0) is 11.2 Å². The molecule has 27 heavy (non-hydrogen) atoms. The average molecular weight is 368 g/mol. The van der Waals surface area contributed by atoms with Crippen molar-refractivity contribution in [1.29, 1.82) is 0 Å². The first kappa shape index (κ1) is 20.6. The van der Waals surface area contributed by atoms with E-state index in [-0.39, 0.29) is 17.9 Å². The number of nitrogens with one attached hydrogen (secondary N) is 2. The predicted octanol–water partition coefficient (Wildman–Crippen LogP) is 3.79. The van der Waals surface area contributed by atoms with E-state index in [9.17, 15) is 9.59 Å². The van der Waals surface area contributed by atoms with Crippen LogP contribution in [0, 0.1) is 26.7 Å². The summed E-state index contributed by atoms with van der Waals surface area (Å²) in [5, 5.41) is 11.8. The quantitative estimate of drug-likeness (QED) is 0.536. The van der Waals surface area contributed by atoms with Crippen molar-refractivity contribution >= 4 is 11.8 Å². The molecule has 2 aromatic carbocycles. The molecule has 1 unspecified atom stereocenters. The van der Waals surface area contributed by atoms with Gasteiger partial charge in [0, 0.05) is 5.56 Å². The van der Waals surface area contributed by atoms with Crippen LogP contribution in [-0.4, -0.2) is 17.0 Å². The molecule has 2 amide bonds. The smallest absolute Gasteiger partial charge is 0.274 e. The Kier molecular flexibility index (Phi) is 6.75. The van der Waals surface area contributed by atoms with E-state index < -0.39 is 5.91 Å². The number of amides is 2. The monoisotopic (exact) mass is 368 g/mol. The van der Waals surface area contributed by atoms with Gasteiger partial charge in [-0.25, -0.2) is 5.48 Å². The first-order valence-corrected chi connectivity index (χ1v) is 9.13. The van der Waals surface area contributed by atoms with E-state index in [0.29, 0.717) is 12.0 Å². The van der Waals surface area contributed by atoms with Gasteiger partial charge in [-0.2, -0.15) is 0 Å². The highest BCUT2D eigenvalue weighted by Gasteiger charge is 2.20. The molecule has 1 atom stereocenters. The zero-order valence-electron chi connectivity index (χ0n) is 16.6. The van der Waals surface area contributed by atoms with E-state index in [4.69, 9.17) is 5.21 Å². The highest BCUT2D eigenvalue weighted by atomic mass is 16.5. The molecule has 0 aliphatic heterocycles. The van der Waals surface area contributed by atoms with Crippen molar-refractivity contribution < 1.29 is 14.8 Å². The molecule has 0 fully saturated rings. The second-order valence-corrected chi connectivity index (χ2v) is 7.41. The molecule has 0 saturated carbocycles. The van der Waals surface area contributed by atoms with E-state index in [0.717, 1.165) is 22.3 Å². The molecule has 3 N–H and O–H groups in total. The third kappa shape index (κ3) is 5.17. The van der Waals surface area contributed by atoms with Gasteiger partial charge in [0.15, 0.2) is 0 Å². The highest BCUT2D eigenvalue weighted by molar-refractivity contribution is 5.93. The van der Waals surface area contributed by atoms with Gasteiger partial charge in [-0.3, -0.25) is 14.8 Å². The minimum Gasteiger partial charge on any atom is -0.349 e. The van der Waals surface area contributed by atoms with Gasteiger partial charge in [-0.1, -0.05) is 43.7 Å². The summed E-state index contributed by atoms with van der Waals surface area (Å²) >= 11 is 0. The van der Waals surface area contributed by atoms with Gasteiger partial charge in [-0.05, 0) is 61.1 Å². The summed E-state index contributed by atoms with van der Waals surface area (Å²) in [4.78, 5) is 24.2. The first-order valence-electron chi connectivity index (χ1n) is 9.13. The Balaban J connectivity index is 2.16. The molecule has 2 rings (SSSR count). The third-order valence-corrected chi connectivity index (χ3v) is 4.79. The number of hydrogen-bond donors (Lipinski definition) is 3. The molecule has 0 bridgehead atoms. The highest BCUT2D eigenvalue weighted by Crippen LogP contribution is 2.23. The van der Waals surface area contributed by atoms with Crippen LogP contribution in [0.3, 0.4) is 0 Å². The maximum absolute atomic E-state index is 12.7. The van der Waals surface area contributed by atoms with Crippen molar-refractivity contribution in [2.45, 2.75) is 47.1 Å². The zero-order chi connectivity index (χ0) is 20.1. The van der Waals surface area contributed by atoms with Crippen LogP contribution in [0.2, 0.25) is 0 Å². The lowest BCUT2D eigenvalue weighted by molar-refractivity contribution is -0.121. The summed E-state index contributed by atoms with van der Waals surface area (Å²) in [7, 11) is 0. The third-order valence-electron chi connectivity index (χ3n) is 4.79. The largest absolute Gasteiger partial charge is 0.349 e. The minimum absolute atomic E-state index is 0.0269. The van der Waals surface area contributed by atoms with Crippen molar-refractivity contribution in [3.05, 3.63) is 69.8 Å². The van der Waals surface area contributed by atoms with Gasteiger partial charge in [-0.15, -0.1) is 0 Å². The van der Waals surface area contributed by atoms with E-state index in [1.807, 2.05) is 27.7 Å². The Hall–Kier alpha value is -2.66. The summed E-state index contributed by atoms with van der Waals surface area (Å²) in [6.45, 7) is 10.2. The maximum atomic E-state index is 12.7. The van der Waals surface area contributed by atoms with Crippen molar-refractivity contribution in [2.24, 2.45) is 5.92 Å². The Bertz CT molecular complexity index is 803. The number of hydrogen-bond acceptors (Lipinski definition) is 3. The average Bonchev–Trinajstić information content (AvgIpc) is 2.62. The summed E-state index contributed by atoms with van der Waals surface area (Å²) in [6, 6.07) is 10.9. The molecular formula is C22H28N2O3. The zero-order valence-corrected chi connectivity index (χ0v) is 16.6. The normalized spacial score (nSPS) is 12.0. The van der Waals surface area contributed by atoms with Gasteiger partial charge in [0.2, 0.25) is 5.91 Å². The summed E-state index contributed by atoms with van der Waals surface area (Å²) < 4.78 is 0. The molecule has 0 radical (unpaired) electrons. The minimum atomic E-state index is -0.558. The lowest BCUT2D eigenvalue weighted by atomic mass is 9.93. The Morgan fingerprint density at radius 3 is 2.04 bits per heavy atom. The maximum Gasteiger partial charge on any atom is 0.274 e. The SMILES string of the molecule is Cc1cc(C)c(CC(=O)NC(c2ccc(C(=O)NO)cc2)C(C)C)c(C)c1. The van der Waals surface area contributed by atoms with Crippen LogP contribution in [0.15, 0.2) is 36.4 Å². The Morgan fingerprint density at radius 1 is 1.00 bits per heavy atom. The van der Waals surface area contributed by atoms with E-state index in [1.165, 1.54) is 5.56 Å². The van der Waals surface area contributed by atoms with Crippen molar-refractivity contribution in [3.8, 4) is 0 Å². The number of aryl methyl sites for hydroxylation is 3. The Labute approximate surface area is 160 Å². The van der Waals surface area contributed by atoms with E-state index in [1.54, 1.807) is 29.7 Å². The number of carbonyl (C=O) groups excluding carboxylic acids is 2. The van der Waals surface area contributed by atoms with Gasteiger partial charge in [0.25, 0.3) is 5.91 Å². The van der Waals surface area contributed by atoms with Gasteiger partial charge < -0.3 is 5.32 Å². The number of benzene rings is 2. The number of hydroxylamine groups is 1. The standard InChI is InChI=1S/C22H28N2O3/c1-13(2)21(17-6-8-18(9-7-17)22(26)24-27)23-20(25)12-19-15(4)10-14(3)11-16(19)5/h6-11,13,21,27H,12H2,1-5H3,(H,23,25)(H,24,26). The molecule has 0 aliphatic carbocycles. The van der Waals surface area contributed by atoms with Gasteiger partial charge in [0.05, 0.1) is 12.5 Å². The second kappa shape index (κ2) is 8.82. The van der Waals surface area contributed by atoms with Gasteiger partial charge in [0.1, 0.15) is 0 Å². The molecule has 5 nitrogen and oxygen atoms in total. The molecule has 2 aromatic rings. The molecule has 144 valence electrons. The summed E-state index contributed by atoms with van der Waals surface area (Å²) in [5.74, 6) is -0.399. The molecular weight excluding hydrogens is 340 g/mol. The molecule has 0 aliphatic rings. The van der Waals surface area contributed by atoms with Crippen LogP contribution in [0.1, 0.15) is 58.1 Å². The van der Waals surface area contributed by atoms with Crippen LogP contribution in [0.4, 0.5) is 0 Å². The molecule has 0 heterocycles. The van der Waals surface area contributed by atoms with Crippen LogP contribution < -0.4 is 10.8 Å². The fourth-order valence-electron chi connectivity index (χ4n) is 3.42. The summed E-state index contributed by atoms with van der Waals surface area (Å²) in [5.41, 5.74) is 7.42. The van der Waals surface area contributed by atoms with Crippen molar-refractivity contribution in [3.63, 3.8) is 0 Å². The predicted molar refractivity (Wildman–Crippen MR) is 106 cm³/mol. The van der Waals surface area contributed by atoms with E-state index >= 15 is 0 Å². The molecule has 0 aromatic heterocycles. The van der Waals surface area contributed by atoms with Crippen LogP contribution >= 0.6 is 0 Å². The number of rotatable bonds is 6. The first-order chi connectivity index (χ1) is 12.7. The molecule has 0 spiro atoms. The lowest BCUT2D eigenvalue weighted by Gasteiger charge is -2.24. The molecule has 5 heteroatoms. The second-order valence-electron chi connectivity index (χ2n) is 7.41. The molecule has 0 saturated heterocycles. The topological polar surface area (TPSA) is 78.4 Å². The van der Waals surface area contributed by atoms with Crippen molar-refractivity contribution in [1.82, 2.24) is 10.8 Å². The fraction of sp³-hybridized carbons (Fsp3) is 0.364. The fourth-order valence-corrected chi connectivity index (χ4v) is 3.42. The Morgan fingerprint density at radius 2 is 1.56 bits per heavy atom. The van der Waals surface area contributed by atoms with Gasteiger partial charge >= 0.3 is 0 Å². The van der Waals surface area contributed by atoms with Crippen LogP contribution in [0.25, 0.3) is 0 Å². The van der Waals surface area contributed by atoms with E-state index in [2.05, 4.69) is 24.4 Å².